The fraction of sp³-hybridized carbons (Fsp3) is 0.600. The largest absolute Gasteiger partial charge is 0.354 e. The molecule has 3 heteroatoms. The molecule has 1 fully saturated rings. The third kappa shape index (κ3) is 0.598. The third-order valence-corrected chi connectivity index (χ3v) is 1.29. The Morgan fingerprint density at radius 3 is 2.50 bits per heavy atom. The van der Waals surface area contributed by atoms with Gasteiger partial charge in [-0.25, -0.2) is 0 Å². The Balaban J connectivity index is 2.49. The summed E-state index contributed by atoms with van der Waals surface area (Å²) in [4.78, 5) is 20.7. The number of rotatable bonds is 1. The van der Waals surface area contributed by atoms with Gasteiger partial charge in [0.1, 0.15) is 11.7 Å². The monoisotopic (exact) mass is 113 g/mol. The minimum absolute atomic E-state index is 0.0336. The zero-order valence-corrected chi connectivity index (χ0v) is 4.60. The van der Waals surface area contributed by atoms with E-state index in [0.717, 1.165) is 0 Å². The average Bonchev–Trinajstić information content (AvgIpc) is 1.61. The highest BCUT2D eigenvalue weighted by Crippen LogP contribution is 2.04. The first-order valence-electron chi connectivity index (χ1n) is 2.50. The highest BCUT2D eigenvalue weighted by Gasteiger charge is 2.31. The summed E-state index contributed by atoms with van der Waals surface area (Å²) in [7, 11) is 0. The molecule has 0 aliphatic carbocycles. The maximum Gasteiger partial charge on any atom is 0.232 e. The molecule has 44 valence electrons. The van der Waals surface area contributed by atoms with Crippen LogP contribution in [0.15, 0.2) is 0 Å². The van der Waals surface area contributed by atoms with E-state index in [1.165, 1.54) is 6.92 Å². The zero-order valence-electron chi connectivity index (χ0n) is 4.60. The molecule has 1 saturated heterocycles. The van der Waals surface area contributed by atoms with Crippen molar-refractivity contribution in [2.45, 2.75) is 6.92 Å². The van der Waals surface area contributed by atoms with Crippen LogP contribution >= 0.6 is 0 Å². The Morgan fingerprint density at radius 1 is 1.88 bits per heavy atom. The molecule has 0 aromatic heterocycles. The molecule has 1 heterocycles. The van der Waals surface area contributed by atoms with Crippen molar-refractivity contribution >= 4 is 11.7 Å². The summed E-state index contributed by atoms with van der Waals surface area (Å²) in [5.41, 5.74) is 0. The van der Waals surface area contributed by atoms with E-state index in [2.05, 4.69) is 5.32 Å². The molecule has 0 spiro atoms. The van der Waals surface area contributed by atoms with Crippen molar-refractivity contribution in [2.75, 3.05) is 6.54 Å². The number of carbonyl (C=O) groups excluding carboxylic acids is 2. The maximum absolute atomic E-state index is 10.4. The van der Waals surface area contributed by atoms with Crippen molar-refractivity contribution in [3.05, 3.63) is 0 Å². The van der Waals surface area contributed by atoms with Crippen LogP contribution in [0.25, 0.3) is 0 Å². The lowest BCUT2D eigenvalue weighted by atomic mass is 9.98. The summed E-state index contributed by atoms with van der Waals surface area (Å²) in [6, 6.07) is 0. The van der Waals surface area contributed by atoms with Crippen LogP contribution in [0, 0.1) is 5.92 Å². The molecule has 0 bridgehead atoms. The van der Waals surface area contributed by atoms with Gasteiger partial charge in [-0.15, -0.1) is 0 Å². The minimum Gasteiger partial charge on any atom is -0.354 e. The summed E-state index contributed by atoms with van der Waals surface area (Å²) in [5.74, 6) is -0.499. The number of hydrogen-bond donors (Lipinski definition) is 1. The second-order valence-corrected chi connectivity index (χ2v) is 1.91. The molecule has 1 unspecified atom stereocenters. The lowest BCUT2D eigenvalue weighted by molar-refractivity contribution is -0.138. The highest BCUT2D eigenvalue weighted by molar-refractivity contribution is 6.04. The average molecular weight is 113 g/mol. The number of ketones is 1. The van der Waals surface area contributed by atoms with Crippen molar-refractivity contribution in [3.63, 3.8) is 0 Å². The molecule has 1 atom stereocenters. The Labute approximate surface area is 47.1 Å². The predicted octanol–water partition coefficient (Wildman–Crippen LogP) is -0.679. The van der Waals surface area contributed by atoms with Gasteiger partial charge in [0, 0.05) is 6.54 Å². The van der Waals surface area contributed by atoms with Gasteiger partial charge < -0.3 is 5.32 Å². The molecule has 1 aliphatic rings. The van der Waals surface area contributed by atoms with E-state index < -0.39 is 0 Å². The van der Waals surface area contributed by atoms with Gasteiger partial charge in [0.25, 0.3) is 0 Å². The Bertz CT molecular complexity index is 133. The third-order valence-electron chi connectivity index (χ3n) is 1.29. The lowest BCUT2D eigenvalue weighted by Crippen LogP contribution is -2.51. The van der Waals surface area contributed by atoms with Gasteiger partial charge in [0.05, 0.1) is 0 Å². The number of carbonyl (C=O) groups is 2. The van der Waals surface area contributed by atoms with Gasteiger partial charge in [-0.3, -0.25) is 9.59 Å². The summed E-state index contributed by atoms with van der Waals surface area (Å²) in [6.07, 6.45) is 0. The van der Waals surface area contributed by atoms with E-state index in [-0.39, 0.29) is 17.6 Å². The molecule has 3 nitrogen and oxygen atoms in total. The number of hydrogen-bond acceptors (Lipinski definition) is 2. The SMILES string of the molecule is CC(=O)C1CNC1=O. The molecule has 1 N–H and O–H groups in total. The molecule has 0 radical (unpaired) electrons. The van der Waals surface area contributed by atoms with Gasteiger partial charge >= 0.3 is 0 Å². The summed E-state index contributed by atoms with van der Waals surface area (Å²) in [5, 5.41) is 2.48. The normalized spacial score (nSPS) is 26.1. The van der Waals surface area contributed by atoms with E-state index in [1.54, 1.807) is 0 Å². The standard InChI is InChI=1S/C5H7NO2/c1-3(7)4-2-6-5(4)8/h4H,2H2,1H3,(H,6,8). The van der Waals surface area contributed by atoms with Crippen LogP contribution in [0.1, 0.15) is 6.92 Å². The summed E-state index contributed by atoms with van der Waals surface area (Å²) in [6.45, 7) is 1.97. The maximum atomic E-state index is 10.4. The highest BCUT2D eigenvalue weighted by atomic mass is 16.2. The number of Topliss-reactive ketones (excluding diaryl/α,β-unsaturated/α-hetero) is 1. The Kier molecular flexibility index (Phi) is 1.04. The van der Waals surface area contributed by atoms with Crippen molar-refractivity contribution in [1.82, 2.24) is 5.32 Å². The summed E-state index contributed by atoms with van der Waals surface area (Å²) < 4.78 is 0. The first-order chi connectivity index (χ1) is 3.72. The first kappa shape index (κ1) is 5.28. The second-order valence-electron chi connectivity index (χ2n) is 1.91. The van der Waals surface area contributed by atoms with Crippen LogP contribution in [0.5, 0.6) is 0 Å². The predicted molar refractivity (Wildman–Crippen MR) is 27.2 cm³/mol. The van der Waals surface area contributed by atoms with Crippen molar-refractivity contribution in [1.29, 1.82) is 0 Å². The van der Waals surface area contributed by atoms with Gasteiger partial charge in [0.2, 0.25) is 5.91 Å². The van der Waals surface area contributed by atoms with Gasteiger partial charge in [-0.05, 0) is 6.92 Å². The van der Waals surface area contributed by atoms with Crippen LogP contribution in [0.3, 0.4) is 0 Å². The quantitative estimate of drug-likeness (QED) is 0.362. The molecular formula is C5H7NO2. The fourth-order valence-electron chi connectivity index (χ4n) is 0.616. The topological polar surface area (TPSA) is 46.2 Å². The van der Waals surface area contributed by atoms with Crippen molar-refractivity contribution < 1.29 is 9.59 Å². The van der Waals surface area contributed by atoms with Crippen LogP contribution in [-0.2, 0) is 9.59 Å². The fourth-order valence-corrected chi connectivity index (χ4v) is 0.616. The van der Waals surface area contributed by atoms with Crippen LogP contribution in [-0.4, -0.2) is 18.2 Å². The van der Waals surface area contributed by atoms with E-state index in [4.69, 9.17) is 0 Å². The number of nitrogens with one attached hydrogen (secondary N) is 1. The Hall–Kier alpha value is -0.860. The van der Waals surface area contributed by atoms with E-state index in [9.17, 15) is 9.59 Å². The smallest absolute Gasteiger partial charge is 0.232 e. The molecule has 1 amide bonds. The van der Waals surface area contributed by atoms with Crippen LogP contribution in [0.4, 0.5) is 0 Å². The molecule has 1 rings (SSSR count). The molecule has 0 saturated carbocycles. The molecule has 0 aromatic carbocycles. The minimum atomic E-state index is -0.338. The van der Waals surface area contributed by atoms with Gasteiger partial charge in [-0.2, -0.15) is 0 Å². The number of amides is 1. The molecule has 0 aromatic rings. The lowest BCUT2D eigenvalue weighted by Gasteiger charge is -2.22. The van der Waals surface area contributed by atoms with E-state index in [0.29, 0.717) is 6.54 Å². The van der Waals surface area contributed by atoms with Crippen molar-refractivity contribution in [3.8, 4) is 0 Å². The summed E-state index contributed by atoms with van der Waals surface area (Å²) >= 11 is 0. The zero-order chi connectivity index (χ0) is 6.15. The molecule has 1 aliphatic heterocycles. The molecule has 8 heavy (non-hydrogen) atoms. The van der Waals surface area contributed by atoms with Crippen molar-refractivity contribution in [2.24, 2.45) is 5.92 Å². The van der Waals surface area contributed by atoms with Gasteiger partial charge in [0.15, 0.2) is 0 Å². The van der Waals surface area contributed by atoms with Gasteiger partial charge in [-0.1, -0.05) is 0 Å². The van der Waals surface area contributed by atoms with E-state index >= 15 is 0 Å². The molecular weight excluding hydrogens is 106 g/mol. The van der Waals surface area contributed by atoms with Crippen LogP contribution < -0.4 is 5.32 Å². The van der Waals surface area contributed by atoms with E-state index in [1.807, 2.05) is 0 Å². The second kappa shape index (κ2) is 1.58. The Morgan fingerprint density at radius 2 is 2.50 bits per heavy atom. The first-order valence-corrected chi connectivity index (χ1v) is 2.50. The van der Waals surface area contributed by atoms with Crippen LogP contribution in [0.2, 0.25) is 0 Å². The number of β-lactam (4-membered cyclic amide) rings is 1.